The predicted molar refractivity (Wildman–Crippen MR) is 64.4 cm³/mol. The minimum atomic E-state index is -0.0355. The molecule has 0 radical (unpaired) electrons. The molecule has 0 spiro atoms. The number of nitrogens with one attached hydrogen (secondary N) is 2. The Morgan fingerprint density at radius 1 is 1.41 bits per heavy atom. The number of likely N-dealkylation sites (tertiary alicyclic amines) is 1. The van der Waals surface area contributed by atoms with Gasteiger partial charge in [-0.05, 0) is 25.8 Å². The molecular formula is C12H21N3O2. The van der Waals surface area contributed by atoms with E-state index in [0.717, 1.165) is 32.2 Å². The molecule has 0 saturated carbocycles. The van der Waals surface area contributed by atoms with E-state index in [9.17, 15) is 9.59 Å². The third-order valence-corrected chi connectivity index (χ3v) is 3.60. The molecule has 17 heavy (non-hydrogen) atoms. The Labute approximate surface area is 102 Å². The first-order chi connectivity index (χ1) is 8.16. The van der Waals surface area contributed by atoms with Crippen molar-refractivity contribution in [1.82, 2.24) is 15.5 Å². The van der Waals surface area contributed by atoms with Crippen LogP contribution < -0.4 is 10.6 Å². The number of carbonyl (C=O) groups excluding carboxylic acids is 2. The van der Waals surface area contributed by atoms with E-state index < -0.39 is 0 Å². The Kier molecular flexibility index (Phi) is 3.99. The fraction of sp³-hybridized carbons (Fsp3) is 0.833. The molecule has 0 bridgehead atoms. The van der Waals surface area contributed by atoms with Crippen LogP contribution in [0.3, 0.4) is 0 Å². The SMILES string of the molecule is CN1CC(NC(=O)C2CCCCN2)CCC1=O. The Morgan fingerprint density at radius 3 is 2.88 bits per heavy atom. The van der Waals surface area contributed by atoms with Crippen LogP contribution in [0.25, 0.3) is 0 Å². The summed E-state index contributed by atoms with van der Waals surface area (Å²) in [6, 6.07) is 0.0839. The maximum Gasteiger partial charge on any atom is 0.237 e. The highest BCUT2D eigenvalue weighted by Crippen LogP contribution is 2.11. The van der Waals surface area contributed by atoms with E-state index in [1.54, 1.807) is 11.9 Å². The van der Waals surface area contributed by atoms with Gasteiger partial charge in [-0.3, -0.25) is 9.59 Å². The predicted octanol–water partition coefficient (Wildman–Crippen LogP) is -0.134. The van der Waals surface area contributed by atoms with Crippen LogP contribution in [-0.4, -0.2) is 48.9 Å². The highest BCUT2D eigenvalue weighted by molar-refractivity contribution is 5.82. The lowest BCUT2D eigenvalue weighted by atomic mass is 10.0. The molecular weight excluding hydrogens is 218 g/mol. The molecule has 0 aromatic heterocycles. The van der Waals surface area contributed by atoms with Crippen LogP contribution in [0, 0.1) is 0 Å². The third-order valence-electron chi connectivity index (χ3n) is 3.60. The number of hydrogen-bond acceptors (Lipinski definition) is 3. The fourth-order valence-corrected chi connectivity index (χ4v) is 2.51. The quantitative estimate of drug-likeness (QED) is 0.705. The largest absolute Gasteiger partial charge is 0.350 e. The van der Waals surface area contributed by atoms with Crippen molar-refractivity contribution in [3.63, 3.8) is 0 Å². The van der Waals surface area contributed by atoms with Gasteiger partial charge in [0.1, 0.15) is 0 Å². The highest BCUT2D eigenvalue weighted by atomic mass is 16.2. The Balaban J connectivity index is 1.80. The molecule has 2 saturated heterocycles. The van der Waals surface area contributed by atoms with Crippen molar-refractivity contribution in [2.45, 2.75) is 44.2 Å². The van der Waals surface area contributed by atoms with Gasteiger partial charge in [0.05, 0.1) is 6.04 Å². The van der Waals surface area contributed by atoms with Gasteiger partial charge in [0, 0.05) is 26.1 Å². The maximum absolute atomic E-state index is 12.0. The second kappa shape index (κ2) is 5.49. The summed E-state index contributed by atoms with van der Waals surface area (Å²) in [6.45, 7) is 1.57. The van der Waals surface area contributed by atoms with E-state index in [1.807, 2.05) is 0 Å². The van der Waals surface area contributed by atoms with Gasteiger partial charge >= 0.3 is 0 Å². The second-order valence-corrected chi connectivity index (χ2v) is 5.02. The number of piperidine rings is 2. The first-order valence-electron chi connectivity index (χ1n) is 6.44. The Hall–Kier alpha value is -1.10. The average molecular weight is 239 g/mol. The molecule has 5 heteroatoms. The van der Waals surface area contributed by atoms with Gasteiger partial charge in [-0.15, -0.1) is 0 Å². The number of hydrogen-bond donors (Lipinski definition) is 2. The maximum atomic E-state index is 12.0. The smallest absolute Gasteiger partial charge is 0.237 e. The van der Waals surface area contributed by atoms with Crippen molar-refractivity contribution in [2.75, 3.05) is 20.1 Å². The first kappa shape index (κ1) is 12.4. The lowest BCUT2D eigenvalue weighted by Crippen LogP contribution is -2.54. The summed E-state index contributed by atoms with van der Waals surface area (Å²) in [5.41, 5.74) is 0. The van der Waals surface area contributed by atoms with Crippen LogP contribution in [0.4, 0.5) is 0 Å². The number of rotatable bonds is 2. The van der Waals surface area contributed by atoms with Gasteiger partial charge in [0.2, 0.25) is 11.8 Å². The molecule has 2 aliphatic rings. The molecule has 2 heterocycles. The van der Waals surface area contributed by atoms with Crippen LogP contribution >= 0.6 is 0 Å². The van der Waals surface area contributed by atoms with Crippen LogP contribution in [0.2, 0.25) is 0 Å². The van der Waals surface area contributed by atoms with E-state index >= 15 is 0 Å². The molecule has 2 rings (SSSR count). The lowest BCUT2D eigenvalue weighted by molar-refractivity contribution is -0.134. The van der Waals surface area contributed by atoms with Gasteiger partial charge in [-0.25, -0.2) is 0 Å². The molecule has 0 aromatic carbocycles. The molecule has 2 atom stereocenters. The minimum Gasteiger partial charge on any atom is -0.350 e. The van der Waals surface area contributed by atoms with Crippen molar-refractivity contribution in [3.05, 3.63) is 0 Å². The summed E-state index contributed by atoms with van der Waals surface area (Å²) in [7, 11) is 1.79. The molecule has 0 aliphatic carbocycles. The normalized spacial score (nSPS) is 30.2. The zero-order chi connectivity index (χ0) is 12.3. The fourth-order valence-electron chi connectivity index (χ4n) is 2.51. The molecule has 2 aliphatic heterocycles. The summed E-state index contributed by atoms with van der Waals surface area (Å²) < 4.78 is 0. The third kappa shape index (κ3) is 3.19. The van der Waals surface area contributed by atoms with Gasteiger partial charge in [-0.2, -0.15) is 0 Å². The van der Waals surface area contributed by atoms with Gasteiger partial charge in [0.15, 0.2) is 0 Å². The minimum absolute atomic E-state index is 0.0355. The highest BCUT2D eigenvalue weighted by Gasteiger charge is 2.27. The summed E-state index contributed by atoms with van der Waals surface area (Å²) in [4.78, 5) is 25.0. The van der Waals surface area contributed by atoms with Gasteiger partial charge < -0.3 is 15.5 Å². The molecule has 2 fully saturated rings. The van der Waals surface area contributed by atoms with Crippen molar-refractivity contribution < 1.29 is 9.59 Å². The second-order valence-electron chi connectivity index (χ2n) is 5.02. The van der Waals surface area contributed by atoms with Crippen LogP contribution in [0.15, 0.2) is 0 Å². The molecule has 2 amide bonds. The van der Waals surface area contributed by atoms with E-state index in [0.29, 0.717) is 13.0 Å². The topological polar surface area (TPSA) is 61.4 Å². The summed E-state index contributed by atoms with van der Waals surface area (Å²) in [5, 5.41) is 6.28. The van der Waals surface area contributed by atoms with Crippen molar-refractivity contribution in [3.8, 4) is 0 Å². The number of amides is 2. The van der Waals surface area contributed by atoms with Crippen LogP contribution in [-0.2, 0) is 9.59 Å². The van der Waals surface area contributed by atoms with Crippen LogP contribution in [0.1, 0.15) is 32.1 Å². The molecule has 5 nitrogen and oxygen atoms in total. The first-order valence-corrected chi connectivity index (χ1v) is 6.44. The standard InChI is InChI=1S/C12H21N3O2/c1-15-8-9(5-6-11(15)16)14-12(17)10-4-2-3-7-13-10/h9-10,13H,2-8H2,1H3,(H,14,17). The van der Waals surface area contributed by atoms with Crippen molar-refractivity contribution in [1.29, 1.82) is 0 Å². The number of nitrogens with zero attached hydrogens (tertiary/aromatic N) is 1. The summed E-state index contributed by atoms with van der Waals surface area (Å²) >= 11 is 0. The molecule has 2 N–H and O–H groups in total. The summed E-state index contributed by atoms with van der Waals surface area (Å²) in [6.07, 6.45) is 4.51. The van der Waals surface area contributed by atoms with E-state index in [4.69, 9.17) is 0 Å². The lowest BCUT2D eigenvalue weighted by Gasteiger charge is -2.32. The van der Waals surface area contributed by atoms with Crippen molar-refractivity contribution >= 4 is 11.8 Å². The Morgan fingerprint density at radius 2 is 2.24 bits per heavy atom. The molecule has 0 aromatic rings. The van der Waals surface area contributed by atoms with E-state index in [2.05, 4.69) is 10.6 Å². The molecule has 96 valence electrons. The zero-order valence-electron chi connectivity index (χ0n) is 10.4. The van der Waals surface area contributed by atoms with Crippen LogP contribution in [0.5, 0.6) is 0 Å². The van der Waals surface area contributed by atoms with Gasteiger partial charge in [-0.1, -0.05) is 6.42 Å². The van der Waals surface area contributed by atoms with E-state index in [1.165, 1.54) is 0 Å². The van der Waals surface area contributed by atoms with Crippen molar-refractivity contribution in [2.24, 2.45) is 0 Å². The zero-order valence-corrected chi connectivity index (χ0v) is 10.4. The average Bonchev–Trinajstić information content (AvgIpc) is 2.35. The monoisotopic (exact) mass is 239 g/mol. The van der Waals surface area contributed by atoms with Gasteiger partial charge in [0.25, 0.3) is 0 Å². The molecule has 2 unspecified atom stereocenters. The van der Waals surface area contributed by atoms with E-state index in [-0.39, 0.29) is 23.9 Å². The summed E-state index contributed by atoms with van der Waals surface area (Å²) in [5.74, 6) is 0.267. The number of carbonyl (C=O) groups is 2. The Bertz CT molecular complexity index is 300. The number of likely N-dealkylation sites (N-methyl/N-ethyl adjacent to an activating group) is 1.